The van der Waals surface area contributed by atoms with Crippen LogP contribution in [0.5, 0.6) is 0 Å². The van der Waals surface area contributed by atoms with E-state index in [-0.39, 0.29) is 17.4 Å². The number of amides is 1. The molecule has 0 saturated carbocycles. The lowest BCUT2D eigenvalue weighted by Crippen LogP contribution is -2.34. The highest BCUT2D eigenvalue weighted by molar-refractivity contribution is 6.27. The summed E-state index contributed by atoms with van der Waals surface area (Å²) in [6.45, 7) is 5.50. The Labute approximate surface area is 65.6 Å². The van der Waals surface area contributed by atoms with E-state index in [0.29, 0.717) is 0 Å². The zero-order valence-electron chi connectivity index (χ0n) is 6.40. The molecule has 0 bridgehead atoms. The van der Waals surface area contributed by atoms with Crippen LogP contribution in [0.2, 0.25) is 0 Å². The summed E-state index contributed by atoms with van der Waals surface area (Å²) >= 11 is 5.19. The van der Waals surface area contributed by atoms with Gasteiger partial charge in [-0.3, -0.25) is 9.63 Å². The predicted molar refractivity (Wildman–Crippen MR) is 39.7 cm³/mol. The summed E-state index contributed by atoms with van der Waals surface area (Å²) in [6.07, 6.45) is 0. The molecule has 1 N–H and O–H groups in total. The minimum atomic E-state index is -0.359. The molecule has 0 heterocycles. The molecule has 0 atom stereocenters. The first-order valence-electron chi connectivity index (χ1n) is 2.98. The summed E-state index contributed by atoms with van der Waals surface area (Å²) in [5.74, 6) is -0.396. The molecule has 0 radical (unpaired) electrons. The van der Waals surface area contributed by atoms with Gasteiger partial charge in [-0.2, -0.15) is 0 Å². The van der Waals surface area contributed by atoms with Crippen molar-refractivity contribution in [1.82, 2.24) is 5.48 Å². The van der Waals surface area contributed by atoms with Crippen LogP contribution in [0.4, 0.5) is 0 Å². The van der Waals surface area contributed by atoms with Gasteiger partial charge in [0.05, 0.1) is 5.60 Å². The molecule has 10 heavy (non-hydrogen) atoms. The third-order valence-electron chi connectivity index (χ3n) is 0.592. The summed E-state index contributed by atoms with van der Waals surface area (Å²) in [7, 11) is 0. The minimum absolute atomic E-state index is 0.0733. The number of nitrogens with one attached hydrogen (secondary N) is 1. The molecule has 0 unspecified atom stereocenters. The Kier molecular flexibility index (Phi) is 3.68. The van der Waals surface area contributed by atoms with E-state index in [2.05, 4.69) is 5.48 Å². The van der Waals surface area contributed by atoms with Gasteiger partial charge in [0.2, 0.25) is 0 Å². The molecule has 0 spiro atoms. The van der Waals surface area contributed by atoms with Crippen molar-refractivity contribution in [3.05, 3.63) is 0 Å². The van der Waals surface area contributed by atoms with Crippen LogP contribution in [0.1, 0.15) is 20.8 Å². The fourth-order valence-electron chi connectivity index (χ4n) is 0.237. The van der Waals surface area contributed by atoms with Crippen LogP contribution in [0.15, 0.2) is 0 Å². The molecule has 0 rings (SSSR count). The Morgan fingerprint density at radius 3 is 2.40 bits per heavy atom. The van der Waals surface area contributed by atoms with Gasteiger partial charge >= 0.3 is 0 Å². The van der Waals surface area contributed by atoms with Crippen LogP contribution in [0.3, 0.4) is 0 Å². The monoisotopic (exact) mass is 165 g/mol. The topological polar surface area (TPSA) is 38.3 Å². The van der Waals surface area contributed by atoms with Gasteiger partial charge in [-0.15, -0.1) is 11.6 Å². The average molecular weight is 166 g/mol. The number of carbonyl (C=O) groups is 1. The van der Waals surface area contributed by atoms with Gasteiger partial charge in [-0.1, -0.05) is 0 Å². The van der Waals surface area contributed by atoms with Crippen molar-refractivity contribution in [2.75, 3.05) is 5.88 Å². The van der Waals surface area contributed by atoms with Crippen LogP contribution in [0.25, 0.3) is 0 Å². The third-order valence-corrected chi connectivity index (χ3v) is 0.835. The molecule has 0 aromatic carbocycles. The molecule has 0 aliphatic rings. The van der Waals surface area contributed by atoms with Gasteiger partial charge in [-0.25, -0.2) is 5.48 Å². The number of alkyl halides is 1. The first kappa shape index (κ1) is 9.72. The highest BCUT2D eigenvalue weighted by atomic mass is 35.5. The van der Waals surface area contributed by atoms with E-state index in [0.717, 1.165) is 0 Å². The smallest absolute Gasteiger partial charge is 0.258 e. The van der Waals surface area contributed by atoms with Gasteiger partial charge in [0.15, 0.2) is 0 Å². The van der Waals surface area contributed by atoms with Crippen molar-refractivity contribution in [2.24, 2.45) is 0 Å². The van der Waals surface area contributed by atoms with E-state index in [1.807, 2.05) is 20.8 Å². The van der Waals surface area contributed by atoms with E-state index in [9.17, 15) is 4.79 Å². The fraction of sp³-hybridized carbons (Fsp3) is 0.833. The minimum Gasteiger partial charge on any atom is -0.271 e. The molecule has 0 saturated heterocycles. The Morgan fingerprint density at radius 2 is 2.10 bits per heavy atom. The van der Waals surface area contributed by atoms with Crippen LogP contribution in [0, 0.1) is 0 Å². The Bertz CT molecular complexity index is 119. The second kappa shape index (κ2) is 3.78. The summed E-state index contributed by atoms with van der Waals surface area (Å²) < 4.78 is 0. The lowest BCUT2D eigenvalue weighted by molar-refractivity contribution is -0.142. The fourth-order valence-corrected chi connectivity index (χ4v) is 0.292. The Balaban J connectivity index is 3.46. The molecular weight excluding hydrogens is 154 g/mol. The Morgan fingerprint density at radius 1 is 1.60 bits per heavy atom. The molecule has 0 aliphatic carbocycles. The summed E-state index contributed by atoms with van der Waals surface area (Å²) in [4.78, 5) is 15.4. The highest BCUT2D eigenvalue weighted by Crippen LogP contribution is 2.02. The molecule has 60 valence electrons. The van der Waals surface area contributed by atoms with Gasteiger partial charge in [0.1, 0.15) is 5.88 Å². The van der Waals surface area contributed by atoms with Crippen molar-refractivity contribution in [2.45, 2.75) is 26.4 Å². The van der Waals surface area contributed by atoms with Gasteiger partial charge in [-0.05, 0) is 20.8 Å². The van der Waals surface area contributed by atoms with Gasteiger partial charge in [0, 0.05) is 0 Å². The van der Waals surface area contributed by atoms with E-state index in [4.69, 9.17) is 16.4 Å². The van der Waals surface area contributed by atoms with Crippen LogP contribution in [-0.2, 0) is 9.63 Å². The summed E-state index contributed by atoms with van der Waals surface area (Å²) in [5.41, 5.74) is 1.84. The number of carbonyl (C=O) groups excluding carboxylic acids is 1. The molecule has 0 aliphatic heterocycles. The van der Waals surface area contributed by atoms with Crippen molar-refractivity contribution in [3.63, 3.8) is 0 Å². The molecule has 0 aromatic heterocycles. The molecule has 3 nitrogen and oxygen atoms in total. The van der Waals surface area contributed by atoms with E-state index in [1.165, 1.54) is 0 Å². The summed E-state index contributed by atoms with van der Waals surface area (Å²) in [6, 6.07) is 0. The first-order valence-corrected chi connectivity index (χ1v) is 3.52. The van der Waals surface area contributed by atoms with Crippen molar-refractivity contribution in [1.29, 1.82) is 0 Å². The SMILES string of the molecule is CC(C)(C)ONC(=O)CCl. The lowest BCUT2D eigenvalue weighted by atomic mass is 10.2. The van der Waals surface area contributed by atoms with Gasteiger partial charge in [0.25, 0.3) is 5.91 Å². The van der Waals surface area contributed by atoms with Crippen molar-refractivity contribution < 1.29 is 9.63 Å². The van der Waals surface area contributed by atoms with E-state index in [1.54, 1.807) is 0 Å². The number of hydrogen-bond acceptors (Lipinski definition) is 2. The largest absolute Gasteiger partial charge is 0.271 e. The molecule has 4 heteroatoms. The molecule has 1 amide bonds. The summed E-state index contributed by atoms with van der Waals surface area (Å²) in [5, 5.41) is 0. The van der Waals surface area contributed by atoms with Crippen LogP contribution in [-0.4, -0.2) is 17.4 Å². The molecular formula is C6H12ClNO2. The van der Waals surface area contributed by atoms with E-state index >= 15 is 0 Å². The molecule has 0 fully saturated rings. The third kappa shape index (κ3) is 5.85. The lowest BCUT2D eigenvalue weighted by Gasteiger charge is -2.18. The van der Waals surface area contributed by atoms with Crippen molar-refractivity contribution in [3.8, 4) is 0 Å². The maximum absolute atomic E-state index is 10.5. The predicted octanol–water partition coefficient (Wildman–Crippen LogP) is 1.07. The number of halogens is 1. The van der Waals surface area contributed by atoms with Gasteiger partial charge < -0.3 is 0 Å². The number of rotatable bonds is 2. The normalized spacial score (nSPS) is 11.2. The Hall–Kier alpha value is -0.280. The number of hydrogen-bond donors (Lipinski definition) is 1. The zero-order valence-corrected chi connectivity index (χ0v) is 7.16. The quantitative estimate of drug-likeness (QED) is 0.491. The second-order valence-electron chi connectivity index (χ2n) is 2.87. The first-order chi connectivity index (χ1) is 4.45. The number of hydroxylamine groups is 1. The zero-order chi connectivity index (χ0) is 8.20. The standard InChI is InChI=1S/C6H12ClNO2/c1-6(2,3)10-8-5(9)4-7/h4H2,1-3H3,(H,8,9). The molecule has 0 aromatic rings. The van der Waals surface area contributed by atoms with Crippen LogP contribution < -0.4 is 5.48 Å². The maximum atomic E-state index is 10.5. The maximum Gasteiger partial charge on any atom is 0.258 e. The second-order valence-corrected chi connectivity index (χ2v) is 3.14. The highest BCUT2D eigenvalue weighted by Gasteiger charge is 2.11. The van der Waals surface area contributed by atoms with Crippen LogP contribution >= 0.6 is 11.6 Å². The van der Waals surface area contributed by atoms with Crippen molar-refractivity contribution >= 4 is 17.5 Å². The van der Waals surface area contributed by atoms with E-state index < -0.39 is 0 Å². The average Bonchev–Trinajstić information content (AvgIpc) is 1.81.